The molecule has 2 aromatic heterocycles. The smallest absolute Gasteiger partial charge is 0.249 e. The molecule has 3 aromatic carbocycles. The zero-order chi connectivity index (χ0) is 30.1. The summed E-state index contributed by atoms with van der Waals surface area (Å²) in [4.78, 5) is 6.82. The van der Waals surface area contributed by atoms with Gasteiger partial charge in [0.2, 0.25) is 27.8 Å². The van der Waals surface area contributed by atoms with Gasteiger partial charge in [0.05, 0.1) is 23.4 Å². The highest BCUT2D eigenvalue weighted by Gasteiger charge is 2.54. The van der Waals surface area contributed by atoms with E-state index in [4.69, 9.17) is 41.9 Å². The molecule has 0 fully saturated rings. The van der Waals surface area contributed by atoms with E-state index >= 15 is 0 Å². The Kier molecular flexibility index (Phi) is 9.08. The molecule has 2 atom stereocenters. The summed E-state index contributed by atoms with van der Waals surface area (Å²) in [6.07, 6.45) is 1.04. The molecule has 0 aliphatic rings. The lowest BCUT2D eigenvalue weighted by Crippen LogP contribution is -2.38. The molecule has 0 spiro atoms. The van der Waals surface area contributed by atoms with Crippen LogP contribution in [-0.2, 0) is 43.7 Å². The van der Waals surface area contributed by atoms with Crippen molar-refractivity contribution in [2.75, 3.05) is 13.4 Å². The lowest BCUT2D eigenvalue weighted by molar-refractivity contribution is 0.185. The second-order valence-electron chi connectivity index (χ2n) is 9.15. The fourth-order valence-corrected chi connectivity index (χ4v) is 8.20. The summed E-state index contributed by atoms with van der Waals surface area (Å²) >= 11 is 11.5. The summed E-state index contributed by atoms with van der Waals surface area (Å²) in [6, 6.07) is 18.0. The van der Waals surface area contributed by atoms with Gasteiger partial charge in [-0.15, -0.1) is 21.5 Å². The van der Waals surface area contributed by atoms with Crippen molar-refractivity contribution >= 4 is 65.9 Å². The van der Waals surface area contributed by atoms with E-state index in [0.717, 1.165) is 39.0 Å². The summed E-state index contributed by atoms with van der Waals surface area (Å²) in [5.41, 5.74) is 6.09. The quantitative estimate of drug-likeness (QED) is 0.131. The second kappa shape index (κ2) is 12.4. The highest BCUT2D eigenvalue weighted by Crippen LogP contribution is 2.47. The minimum Gasteiger partial charge on any atom is -0.421 e. The molecule has 11 nitrogen and oxygen atoms in total. The second-order valence-corrected chi connectivity index (χ2v) is 13.9. The van der Waals surface area contributed by atoms with Crippen molar-refractivity contribution in [3.63, 3.8) is 0 Å². The van der Waals surface area contributed by atoms with Crippen LogP contribution >= 0.6 is 34.5 Å². The number of methoxy groups -OCH3 is 1. The first kappa shape index (κ1) is 30.7. The molecule has 0 radical (unpaired) electrons. The Morgan fingerprint density at radius 1 is 1.05 bits per heavy atom. The van der Waals surface area contributed by atoms with Crippen molar-refractivity contribution in [2.24, 2.45) is 0 Å². The molecule has 220 valence electrons. The molecule has 0 saturated carbocycles. The van der Waals surface area contributed by atoms with E-state index in [1.165, 1.54) is 18.2 Å². The highest BCUT2D eigenvalue weighted by molar-refractivity contribution is 7.92. The van der Waals surface area contributed by atoms with Crippen molar-refractivity contribution in [1.29, 1.82) is 0 Å². The number of hydrogen-bond donors (Lipinski definition) is 3. The van der Waals surface area contributed by atoms with E-state index in [9.17, 15) is 12.6 Å². The molecular weight excluding hydrogens is 645 g/mol. The van der Waals surface area contributed by atoms with Gasteiger partial charge in [-0.2, -0.15) is 4.83 Å². The van der Waals surface area contributed by atoms with Gasteiger partial charge < -0.3 is 9.15 Å². The minimum atomic E-state index is -4.16. The number of benzene rings is 3. The number of hydrazine groups is 1. The Bertz CT molecular complexity index is 1860. The maximum atomic E-state index is 13.9. The van der Waals surface area contributed by atoms with Gasteiger partial charge in [0.1, 0.15) is 5.01 Å². The van der Waals surface area contributed by atoms with Crippen LogP contribution in [0.15, 0.2) is 65.1 Å². The first-order valence-corrected chi connectivity index (χ1v) is 16.7. The molecule has 0 bridgehead atoms. The van der Waals surface area contributed by atoms with Gasteiger partial charge in [0.15, 0.2) is 9.84 Å². The number of sulfone groups is 1. The van der Waals surface area contributed by atoms with Gasteiger partial charge in [-0.25, -0.2) is 23.0 Å². The number of rotatable bonds is 11. The molecule has 2 heterocycles. The van der Waals surface area contributed by atoms with Crippen molar-refractivity contribution in [3.8, 4) is 11.1 Å². The minimum absolute atomic E-state index is 0.0515. The van der Waals surface area contributed by atoms with E-state index in [0.29, 0.717) is 12.1 Å². The fourth-order valence-electron chi connectivity index (χ4n) is 4.48. The van der Waals surface area contributed by atoms with E-state index in [1.54, 1.807) is 7.11 Å². The molecule has 2 unspecified atom stereocenters. The maximum absolute atomic E-state index is 13.9. The first-order valence-electron chi connectivity index (χ1n) is 12.1. The first-order chi connectivity index (χ1) is 20.0. The van der Waals surface area contributed by atoms with Crippen molar-refractivity contribution in [3.05, 3.63) is 98.6 Å². The molecule has 16 heteroatoms. The van der Waals surface area contributed by atoms with Crippen LogP contribution < -0.4 is 10.3 Å². The lowest BCUT2D eigenvalue weighted by atomic mass is 9.98. The molecule has 0 saturated heterocycles. The van der Waals surface area contributed by atoms with Crippen LogP contribution in [0.5, 0.6) is 0 Å². The zero-order valence-corrected chi connectivity index (χ0v) is 26.0. The largest absolute Gasteiger partial charge is 0.421 e. The standard InChI is InChI=1S/C26H23Cl2N5O6S3/c1-38-14-15-3-5-16(6-4-15)17-7-8-21-22(9-17)40-25(30-21)26(42(2,36)37,18-10-19(27)12-20(28)11-18)24-32-31-23(39-24)13-29-33-41(34)35/h3-12,29,33H,13-14H2,1-2H3,(H,34,35). The third-order valence-electron chi connectivity index (χ3n) is 6.28. The third-order valence-corrected chi connectivity index (χ3v) is 10.0. The molecule has 5 rings (SSSR count). The average molecular weight is 669 g/mol. The van der Waals surface area contributed by atoms with Gasteiger partial charge >= 0.3 is 0 Å². The molecular formula is C26H23Cl2N5O6S3. The SMILES string of the molecule is COCc1ccc(-c2ccc3nc(C(c4cc(Cl)cc(Cl)c4)(c4nnc(CNNS(=O)O)o4)S(C)(=O)=O)sc3c2)cc1. The third kappa shape index (κ3) is 6.13. The summed E-state index contributed by atoms with van der Waals surface area (Å²) in [5.74, 6) is -0.345. The zero-order valence-electron chi connectivity index (χ0n) is 22.0. The predicted molar refractivity (Wildman–Crippen MR) is 162 cm³/mol. The van der Waals surface area contributed by atoms with Gasteiger partial charge in [-0.3, -0.25) is 4.55 Å². The van der Waals surface area contributed by atoms with Crippen LogP contribution in [0, 0.1) is 0 Å². The van der Waals surface area contributed by atoms with Crippen LogP contribution in [0.1, 0.15) is 27.9 Å². The molecule has 5 aromatic rings. The van der Waals surface area contributed by atoms with Crippen molar-refractivity contribution in [2.45, 2.75) is 17.9 Å². The predicted octanol–water partition coefficient (Wildman–Crippen LogP) is 4.87. The van der Waals surface area contributed by atoms with Crippen LogP contribution in [0.25, 0.3) is 21.3 Å². The summed E-state index contributed by atoms with van der Waals surface area (Å²) in [7, 11) is -2.52. The Labute approximate surface area is 257 Å². The number of fused-ring (bicyclic) bond motifs is 1. The molecule has 0 amide bonds. The van der Waals surface area contributed by atoms with Crippen molar-refractivity contribution in [1.82, 2.24) is 25.4 Å². The number of ether oxygens (including phenoxy) is 1. The topological polar surface area (TPSA) is 157 Å². The van der Waals surface area contributed by atoms with Crippen LogP contribution in [-0.4, -0.2) is 45.7 Å². The average Bonchev–Trinajstić information content (AvgIpc) is 3.55. The fraction of sp³-hybridized carbons (Fsp3) is 0.192. The Morgan fingerprint density at radius 3 is 2.38 bits per heavy atom. The Morgan fingerprint density at radius 2 is 1.74 bits per heavy atom. The molecule has 3 N–H and O–H groups in total. The number of halogens is 2. The number of aromatic nitrogens is 3. The van der Waals surface area contributed by atoms with E-state index < -0.39 is 25.9 Å². The maximum Gasteiger partial charge on any atom is 0.249 e. The molecule has 0 aliphatic heterocycles. The lowest BCUT2D eigenvalue weighted by Gasteiger charge is -2.27. The molecule has 42 heavy (non-hydrogen) atoms. The Hall–Kier alpha value is -2.79. The normalized spacial score (nSPS) is 14.2. The number of nitrogens with one attached hydrogen (secondary N) is 2. The number of hydrogen-bond acceptors (Lipinski definition) is 10. The van der Waals surface area contributed by atoms with E-state index in [2.05, 4.69) is 20.5 Å². The van der Waals surface area contributed by atoms with Gasteiger partial charge in [-0.1, -0.05) is 53.5 Å². The van der Waals surface area contributed by atoms with Gasteiger partial charge in [0.25, 0.3) is 0 Å². The van der Waals surface area contributed by atoms with E-state index in [1.807, 2.05) is 42.5 Å². The number of nitrogens with zero attached hydrogens (tertiary/aromatic N) is 3. The summed E-state index contributed by atoms with van der Waals surface area (Å²) < 4.78 is 57.3. The van der Waals surface area contributed by atoms with Crippen LogP contribution in [0.3, 0.4) is 0 Å². The highest BCUT2D eigenvalue weighted by atomic mass is 35.5. The summed E-state index contributed by atoms with van der Waals surface area (Å²) in [5, 5.41) is 8.58. The van der Waals surface area contributed by atoms with Gasteiger partial charge in [-0.05, 0) is 52.6 Å². The molecule has 0 aliphatic carbocycles. The monoisotopic (exact) mass is 667 g/mol. The Balaban J connectivity index is 1.68. The van der Waals surface area contributed by atoms with Crippen LogP contribution in [0.4, 0.5) is 0 Å². The van der Waals surface area contributed by atoms with Gasteiger partial charge in [0, 0.05) is 23.4 Å². The van der Waals surface area contributed by atoms with Crippen molar-refractivity contribution < 1.29 is 26.3 Å². The number of thiazole rings is 1. The van der Waals surface area contributed by atoms with E-state index in [-0.39, 0.29) is 38.9 Å². The van der Waals surface area contributed by atoms with Crippen LogP contribution in [0.2, 0.25) is 10.0 Å². The summed E-state index contributed by atoms with van der Waals surface area (Å²) in [6.45, 7) is 0.325.